The number of hydrogen-bond donors (Lipinski definition) is 1. The lowest BCUT2D eigenvalue weighted by Gasteiger charge is -2.01. The molecule has 0 atom stereocenters. The summed E-state index contributed by atoms with van der Waals surface area (Å²) in [5.41, 5.74) is -0.0232. The molecule has 0 unspecified atom stereocenters. The van der Waals surface area contributed by atoms with Crippen molar-refractivity contribution in [2.24, 2.45) is 0 Å². The Morgan fingerprint density at radius 2 is 1.77 bits per heavy atom. The zero-order valence-electron chi connectivity index (χ0n) is 6.58. The van der Waals surface area contributed by atoms with Crippen LogP contribution >= 0.6 is 0 Å². The van der Waals surface area contributed by atoms with Gasteiger partial charge >= 0.3 is 0 Å². The van der Waals surface area contributed by atoms with E-state index in [0.717, 1.165) is 12.1 Å². The van der Waals surface area contributed by atoms with Crippen LogP contribution in [0.3, 0.4) is 0 Å². The van der Waals surface area contributed by atoms with Gasteiger partial charge in [-0.15, -0.1) is 0 Å². The van der Waals surface area contributed by atoms with E-state index in [1.165, 1.54) is 6.92 Å². The Bertz CT molecular complexity index is 439. The van der Waals surface area contributed by atoms with Crippen LogP contribution in [0.15, 0.2) is 17.0 Å². The van der Waals surface area contributed by atoms with E-state index in [4.69, 9.17) is 4.55 Å². The Kier molecular flexibility index (Phi) is 2.36. The molecule has 0 aliphatic carbocycles. The van der Waals surface area contributed by atoms with Crippen molar-refractivity contribution in [2.75, 3.05) is 0 Å². The topological polar surface area (TPSA) is 54.4 Å². The van der Waals surface area contributed by atoms with Gasteiger partial charge in [-0.1, -0.05) is 6.07 Å². The highest BCUT2D eigenvalue weighted by atomic mass is 32.2. The van der Waals surface area contributed by atoms with Gasteiger partial charge in [0.2, 0.25) is 0 Å². The Labute approximate surface area is 73.8 Å². The fourth-order valence-electron chi connectivity index (χ4n) is 0.828. The number of benzene rings is 1. The first-order valence-electron chi connectivity index (χ1n) is 3.26. The van der Waals surface area contributed by atoms with Crippen LogP contribution in [0.4, 0.5) is 8.78 Å². The van der Waals surface area contributed by atoms with Crippen molar-refractivity contribution in [3.05, 3.63) is 29.3 Å². The lowest BCUT2D eigenvalue weighted by atomic mass is 10.2. The second kappa shape index (κ2) is 3.04. The molecule has 0 saturated carbocycles. The van der Waals surface area contributed by atoms with Crippen molar-refractivity contribution in [1.82, 2.24) is 0 Å². The van der Waals surface area contributed by atoms with E-state index >= 15 is 0 Å². The predicted octanol–water partition coefficient (Wildman–Crippen LogP) is 1.52. The third-order valence-corrected chi connectivity index (χ3v) is 2.39. The molecular weight excluding hydrogens is 202 g/mol. The summed E-state index contributed by atoms with van der Waals surface area (Å²) in [4.78, 5) is -1.05. The van der Waals surface area contributed by atoms with Gasteiger partial charge in [0.25, 0.3) is 10.1 Å². The van der Waals surface area contributed by atoms with E-state index in [-0.39, 0.29) is 5.56 Å². The highest BCUT2D eigenvalue weighted by Crippen LogP contribution is 2.19. The summed E-state index contributed by atoms with van der Waals surface area (Å²) in [7, 11) is -4.69. The number of aryl methyl sites for hydroxylation is 1. The van der Waals surface area contributed by atoms with E-state index in [2.05, 4.69) is 0 Å². The van der Waals surface area contributed by atoms with Gasteiger partial charge in [0, 0.05) is 0 Å². The second-order valence-corrected chi connectivity index (χ2v) is 3.87. The maximum Gasteiger partial charge on any atom is 0.297 e. The van der Waals surface area contributed by atoms with Crippen LogP contribution in [0.2, 0.25) is 0 Å². The second-order valence-electron chi connectivity index (χ2n) is 2.48. The quantitative estimate of drug-likeness (QED) is 0.712. The predicted molar refractivity (Wildman–Crippen MR) is 40.9 cm³/mol. The van der Waals surface area contributed by atoms with Gasteiger partial charge in [-0.3, -0.25) is 4.55 Å². The van der Waals surface area contributed by atoms with Crippen LogP contribution in [0, 0.1) is 18.6 Å². The monoisotopic (exact) mass is 208 g/mol. The molecule has 1 rings (SSSR count). The minimum Gasteiger partial charge on any atom is -0.282 e. The molecule has 0 radical (unpaired) electrons. The molecule has 0 fully saturated rings. The fraction of sp³-hybridized carbons (Fsp3) is 0.143. The Balaban J connectivity index is 3.53. The van der Waals surface area contributed by atoms with Gasteiger partial charge in [-0.25, -0.2) is 8.78 Å². The lowest BCUT2D eigenvalue weighted by Crippen LogP contribution is -2.04. The smallest absolute Gasteiger partial charge is 0.282 e. The average Bonchev–Trinajstić information content (AvgIpc) is 1.98. The number of hydrogen-bond acceptors (Lipinski definition) is 2. The zero-order chi connectivity index (χ0) is 10.2. The first-order valence-corrected chi connectivity index (χ1v) is 4.70. The maximum absolute atomic E-state index is 12.8. The molecule has 0 bridgehead atoms. The van der Waals surface area contributed by atoms with Gasteiger partial charge in [0.1, 0.15) is 4.90 Å². The van der Waals surface area contributed by atoms with Crippen molar-refractivity contribution in [3.8, 4) is 0 Å². The molecule has 1 aromatic rings. The van der Waals surface area contributed by atoms with E-state index < -0.39 is 26.6 Å². The van der Waals surface area contributed by atoms with E-state index in [1.54, 1.807) is 0 Å². The lowest BCUT2D eigenvalue weighted by molar-refractivity contribution is 0.451. The summed E-state index contributed by atoms with van der Waals surface area (Å²) in [6, 6.07) is 1.88. The van der Waals surface area contributed by atoms with Gasteiger partial charge in [-0.05, 0) is 18.6 Å². The molecule has 72 valence electrons. The Morgan fingerprint density at radius 3 is 2.23 bits per heavy atom. The highest BCUT2D eigenvalue weighted by molar-refractivity contribution is 7.85. The van der Waals surface area contributed by atoms with E-state index in [9.17, 15) is 17.2 Å². The Hall–Kier alpha value is -1.01. The summed E-state index contributed by atoms with van der Waals surface area (Å²) in [5.74, 6) is -2.82. The normalized spacial score (nSPS) is 11.7. The molecule has 13 heavy (non-hydrogen) atoms. The van der Waals surface area contributed by atoms with Crippen molar-refractivity contribution in [3.63, 3.8) is 0 Å². The summed E-state index contributed by atoms with van der Waals surface area (Å²) in [6.07, 6.45) is 0. The molecule has 0 amide bonds. The van der Waals surface area contributed by atoms with Gasteiger partial charge in [-0.2, -0.15) is 8.42 Å². The minimum absolute atomic E-state index is 0.0232. The van der Waals surface area contributed by atoms with Crippen LogP contribution in [0.5, 0.6) is 0 Å². The highest BCUT2D eigenvalue weighted by Gasteiger charge is 2.19. The van der Waals surface area contributed by atoms with Crippen molar-refractivity contribution < 1.29 is 21.8 Å². The van der Waals surface area contributed by atoms with Crippen molar-refractivity contribution in [2.45, 2.75) is 11.8 Å². The van der Waals surface area contributed by atoms with Gasteiger partial charge in [0.05, 0.1) is 0 Å². The molecule has 1 N–H and O–H groups in total. The number of halogens is 2. The third kappa shape index (κ3) is 1.84. The summed E-state index contributed by atoms with van der Waals surface area (Å²) >= 11 is 0. The molecule has 3 nitrogen and oxygen atoms in total. The van der Waals surface area contributed by atoms with Crippen LogP contribution in [0.25, 0.3) is 0 Å². The van der Waals surface area contributed by atoms with E-state index in [0.29, 0.717) is 0 Å². The van der Waals surface area contributed by atoms with Gasteiger partial charge < -0.3 is 0 Å². The van der Waals surface area contributed by atoms with E-state index in [1.807, 2.05) is 0 Å². The molecule has 0 heterocycles. The maximum atomic E-state index is 12.8. The first kappa shape index (κ1) is 10.1. The molecule has 0 aliphatic heterocycles. The van der Waals surface area contributed by atoms with Crippen LogP contribution in [-0.4, -0.2) is 13.0 Å². The number of rotatable bonds is 1. The molecule has 0 aromatic heterocycles. The molecular formula is C7H6F2O3S. The van der Waals surface area contributed by atoms with Crippen molar-refractivity contribution >= 4 is 10.1 Å². The molecule has 0 saturated heterocycles. The average molecular weight is 208 g/mol. The largest absolute Gasteiger partial charge is 0.297 e. The summed E-state index contributed by atoms with van der Waals surface area (Å²) in [6.45, 7) is 1.28. The van der Waals surface area contributed by atoms with Crippen LogP contribution in [-0.2, 0) is 10.1 Å². The zero-order valence-corrected chi connectivity index (χ0v) is 7.40. The Morgan fingerprint density at radius 1 is 1.23 bits per heavy atom. The fourth-order valence-corrected chi connectivity index (χ4v) is 1.38. The first-order chi connectivity index (χ1) is 5.84. The third-order valence-electron chi connectivity index (χ3n) is 1.52. The minimum atomic E-state index is -4.69. The SMILES string of the molecule is Cc1ccc(S(=O)(=O)O)c(F)c1F. The standard InChI is InChI=1S/C7H6F2O3S/c1-4-2-3-5(13(10,11)12)7(9)6(4)8/h2-3H,1H3,(H,10,11,12). The molecule has 0 aliphatic rings. The molecule has 0 spiro atoms. The van der Waals surface area contributed by atoms with Crippen molar-refractivity contribution in [1.29, 1.82) is 0 Å². The molecule has 1 aromatic carbocycles. The molecule has 6 heteroatoms. The van der Waals surface area contributed by atoms with Crippen LogP contribution < -0.4 is 0 Å². The van der Waals surface area contributed by atoms with Crippen LogP contribution in [0.1, 0.15) is 5.56 Å². The van der Waals surface area contributed by atoms with Gasteiger partial charge in [0.15, 0.2) is 11.6 Å². The summed E-state index contributed by atoms with van der Waals surface area (Å²) in [5, 5.41) is 0. The summed E-state index contributed by atoms with van der Waals surface area (Å²) < 4.78 is 55.0.